The lowest BCUT2D eigenvalue weighted by Crippen LogP contribution is -2.28. The molecule has 0 fully saturated rings. The maximum atomic E-state index is 12.4. The van der Waals surface area contributed by atoms with Crippen molar-refractivity contribution in [3.8, 4) is 5.75 Å². The number of hydrogen-bond donors (Lipinski definition) is 3. The van der Waals surface area contributed by atoms with Crippen molar-refractivity contribution in [2.75, 3.05) is 13.7 Å². The maximum absolute atomic E-state index is 12.4. The number of aromatic nitrogens is 2. The summed E-state index contributed by atoms with van der Waals surface area (Å²) < 4.78 is 7.22. The monoisotopic (exact) mass is 363 g/mol. The Balaban J connectivity index is 1.46. The maximum Gasteiger partial charge on any atom is 0.267 e. The summed E-state index contributed by atoms with van der Waals surface area (Å²) in [7, 11) is 3.58. The van der Waals surface area contributed by atoms with Crippen LogP contribution in [0.15, 0.2) is 54.7 Å². The first-order valence-electron chi connectivity index (χ1n) is 8.73. The number of amides is 1. The number of carbonyl (C=O) groups is 1. The molecule has 0 bridgehead atoms. The second-order valence-electron chi connectivity index (χ2n) is 6.61. The predicted molar refractivity (Wildman–Crippen MR) is 105 cm³/mol. The van der Waals surface area contributed by atoms with Crippen LogP contribution in [0, 0.1) is 0 Å². The van der Waals surface area contributed by atoms with Gasteiger partial charge in [0.1, 0.15) is 11.4 Å². The summed E-state index contributed by atoms with van der Waals surface area (Å²) in [5, 5.41) is 15.2. The summed E-state index contributed by atoms with van der Waals surface area (Å²) in [5.41, 5.74) is 3.15. The lowest BCUT2D eigenvalue weighted by Gasteiger charge is -2.12. The molecule has 4 aromatic rings. The molecule has 138 valence electrons. The van der Waals surface area contributed by atoms with Crippen molar-refractivity contribution in [2.24, 2.45) is 7.05 Å². The Labute approximate surface area is 156 Å². The van der Waals surface area contributed by atoms with Crippen molar-refractivity contribution < 1.29 is 14.6 Å². The van der Waals surface area contributed by atoms with E-state index in [1.807, 2.05) is 60.3 Å². The number of nitrogens with zero attached hydrogens (tertiary/aromatic N) is 1. The van der Waals surface area contributed by atoms with E-state index in [0.717, 1.165) is 33.1 Å². The first kappa shape index (κ1) is 17.2. The fourth-order valence-electron chi connectivity index (χ4n) is 3.27. The van der Waals surface area contributed by atoms with E-state index in [2.05, 4.69) is 10.3 Å². The van der Waals surface area contributed by atoms with Gasteiger partial charge in [0.15, 0.2) is 0 Å². The predicted octanol–water partition coefficient (Wildman–Crippen LogP) is 3.13. The number of aryl methyl sites for hydroxylation is 1. The van der Waals surface area contributed by atoms with Gasteiger partial charge in [-0.3, -0.25) is 4.79 Å². The molecule has 0 spiro atoms. The van der Waals surface area contributed by atoms with Crippen LogP contribution in [-0.4, -0.2) is 34.2 Å². The molecule has 6 heteroatoms. The van der Waals surface area contributed by atoms with Gasteiger partial charge < -0.3 is 24.7 Å². The zero-order valence-electron chi connectivity index (χ0n) is 15.2. The lowest BCUT2D eigenvalue weighted by atomic mass is 10.1. The zero-order valence-corrected chi connectivity index (χ0v) is 15.2. The number of methoxy groups -OCH3 is 1. The van der Waals surface area contributed by atoms with Crippen molar-refractivity contribution in [1.29, 1.82) is 0 Å². The van der Waals surface area contributed by atoms with E-state index in [0.29, 0.717) is 5.69 Å². The number of hydrogen-bond acceptors (Lipinski definition) is 3. The topological polar surface area (TPSA) is 79.3 Å². The van der Waals surface area contributed by atoms with E-state index in [9.17, 15) is 9.90 Å². The number of nitrogens with one attached hydrogen (secondary N) is 2. The summed E-state index contributed by atoms with van der Waals surface area (Å²) in [4.78, 5) is 15.5. The highest BCUT2D eigenvalue weighted by Gasteiger charge is 2.14. The fourth-order valence-corrected chi connectivity index (χ4v) is 3.27. The number of aromatic amines is 1. The Morgan fingerprint density at radius 3 is 2.85 bits per heavy atom. The molecule has 2 heterocycles. The number of carbonyl (C=O) groups excluding carboxylic acids is 1. The Morgan fingerprint density at radius 1 is 1.19 bits per heavy atom. The average molecular weight is 363 g/mol. The van der Waals surface area contributed by atoms with Gasteiger partial charge in [0.2, 0.25) is 0 Å². The molecule has 0 radical (unpaired) electrons. The third kappa shape index (κ3) is 3.27. The second-order valence-corrected chi connectivity index (χ2v) is 6.61. The van der Waals surface area contributed by atoms with E-state index in [1.165, 1.54) is 0 Å². The van der Waals surface area contributed by atoms with E-state index in [1.54, 1.807) is 13.2 Å². The van der Waals surface area contributed by atoms with Crippen LogP contribution in [0.25, 0.3) is 21.8 Å². The van der Waals surface area contributed by atoms with Gasteiger partial charge in [0.05, 0.1) is 13.2 Å². The van der Waals surface area contributed by atoms with E-state index >= 15 is 0 Å². The molecule has 0 aliphatic rings. The molecule has 0 saturated heterocycles. The number of fused-ring (bicyclic) bond motifs is 2. The standard InChI is InChI=1S/C21H21N3O3/c1-24-8-7-14-9-15(4-6-19(14)24)20(25)12-22-21(26)18-10-13-3-5-16(27-2)11-17(13)23-18/h3-11,20,23,25H,12H2,1-2H3,(H,22,26). The molecule has 27 heavy (non-hydrogen) atoms. The summed E-state index contributed by atoms with van der Waals surface area (Å²) in [6.07, 6.45) is 1.20. The molecule has 1 atom stereocenters. The molecule has 3 N–H and O–H groups in total. The van der Waals surface area contributed by atoms with Crippen LogP contribution < -0.4 is 10.1 Å². The molecule has 4 rings (SSSR count). The summed E-state index contributed by atoms with van der Waals surface area (Å²) in [6.45, 7) is 0.135. The third-order valence-corrected chi connectivity index (χ3v) is 4.82. The van der Waals surface area contributed by atoms with Gasteiger partial charge >= 0.3 is 0 Å². The molecule has 2 aromatic carbocycles. The summed E-state index contributed by atoms with van der Waals surface area (Å²) >= 11 is 0. The molecule has 0 aliphatic heterocycles. The smallest absolute Gasteiger partial charge is 0.267 e. The lowest BCUT2D eigenvalue weighted by molar-refractivity contribution is 0.0912. The van der Waals surface area contributed by atoms with Gasteiger partial charge in [-0.2, -0.15) is 0 Å². The van der Waals surface area contributed by atoms with Crippen LogP contribution in [0.5, 0.6) is 5.75 Å². The molecule has 2 aromatic heterocycles. The minimum absolute atomic E-state index is 0.135. The van der Waals surface area contributed by atoms with Crippen LogP contribution in [-0.2, 0) is 7.05 Å². The van der Waals surface area contributed by atoms with Crippen molar-refractivity contribution >= 4 is 27.7 Å². The van der Waals surface area contributed by atoms with Crippen molar-refractivity contribution in [3.05, 3.63) is 66.0 Å². The zero-order chi connectivity index (χ0) is 19.0. The highest BCUT2D eigenvalue weighted by atomic mass is 16.5. The largest absolute Gasteiger partial charge is 0.497 e. The van der Waals surface area contributed by atoms with Gasteiger partial charge in [-0.15, -0.1) is 0 Å². The van der Waals surface area contributed by atoms with Gasteiger partial charge in [-0.05, 0) is 47.3 Å². The van der Waals surface area contributed by atoms with Crippen LogP contribution in [0.2, 0.25) is 0 Å². The molecule has 0 aliphatic carbocycles. The number of aliphatic hydroxyl groups excluding tert-OH is 1. The van der Waals surface area contributed by atoms with Crippen LogP contribution in [0.4, 0.5) is 0 Å². The number of benzene rings is 2. The second kappa shape index (κ2) is 6.81. The van der Waals surface area contributed by atoms with Gasteiger partial charge in [-0.25, -0.2) is 0 Å². The molecule has 0 saturated carbocycles. The first-order valence-corrected chi connectivity index (χ1v) is 8.73. The Morgan fingerprint density at radius 2 is 2.04 bits per heavy atom. The number of aliphatic hydroxyl groups is 1. The van der Waals surface area contributed by atoms with Crippen molar-refractivity contribution in [3.63, 3.8) is 0 Å². The third-order valence-electron chi connectivity index (χ3n) is 4.82. The highest BCUT2D eigenvalue weighted by Crippen LogP contribution is 2.22. The van der Waals surface area contributed by atoms with E-state index in [4.69, 9.17) is 4.74 Å². The number of rotatable bonds is 5. The first-order chi connectivity index (χ1) is 13.0. The minimum Gasteiger partial charge on any atom is -0.497 e. The SMILES string of the molecule is COc1ccc2cc(C(=O)NCC(O)c3ccc4c(ccn4C)c3)[nH]c2c1. The Hall–Kier alpha value is -3.25. The average Bonchev–Trinajstić information content (AvgIpc) is 3.28. The summed E-state index contributed by atoms with van der Waals surface area (Å²) in [5.74, 6) is 0.466. The normalized spacial score (nSPS) is 12.4. The Kier molecular flexibility index (Phi) is 4.33. The molecule has 1 unspecified atom stereocenters. The van der Waals surface area contributed by atoms with E-state index < -0.39 is 6.10 Å². The van der Waals surface area contributed by atoms with Gasteiger partial charge in [0, 0.05) is 42.3 Å². The van der Waals surface area contributed by atoms with Crippen LogP contribution in [0.1, 0.15) is 22.2 Å². The molecule has 6 nitrogen and oxygen atoms in total. The minimum atomic E-state index is -0.775. The van der Waals surface area contributed by atoms with Gasteiger partial charge in [-0.1, -0.05) is 6.07 Å². The Bertz CT molecular complexity index is 1130. The van der Waals surface area contributed by atoms with Crippen LogP contribution in [0.3, 0.4) is 0 Å². The number of ether oxygens (including phenoxy) is 1. The number of H-pyrrole nitrogens is 1. The highest BCUT2D eigenvalue weighted by molar-refractivity contribution is 5.98. The fraction of sp³-hybridized carbons (Fsp3) is 0.190. The van der Waals surface area contributed by atoms with Crippen molar-refractivity contribution in [2.45, 2.75) is 6.10 Å². The summed E-state index contributed by atoms with van der Waals surface area (Å²) in [6, 6.07) is 15.2. The van der Waals surface area contributed by atoms with E-state index in [-0.39, 0.29) is 12.5 Å². The molecular weight excluding hydrogens is 342 g/mol. The molecule has 1 amide bonds. The quantitative estimate of drug-likeness (QED) is 0.510. The van der Waals surface area contributed by atoms with Crippen molar-refractivity contribution in [1.82, 2.24) is 14.9 Å². The van der Waals surface area contributed by atoms with Crippen LogP contribution >= 0.6 is 0 Å². The molecular formula is C21H21N3O3. The van der Waals surface area contributed by atoms with Gasteiger partial charge in [0.25, 0.3) is 5.91 Å².